The van der Waals surface area contributed by atoms with E-state index in [2.05, 4.69) is 20.7 Å². The Bertz CT molecular complexity index is 319. The molecule has 0 aliphatic carbocycles. The van der Waals surface area contributed by atoms with E-state index in [1.54, 1.807) is 0 Å². The summed E-state index contributed by atoms with van der Waals surface area (Å²) in [5.41, 5.74) is 5.04. The fourth-order valence-electron chi connectivity index (χ4n) is 0.734. The lowest BCUT2D eigenvalue weighted by Gasteiger charge is -2.07. The molecule has 0 aliphatic heterocycles. The molecule has 0 unspecified atom stereocenters. The summed E-state index contributed by atoms with van der Waals surface area (Å²) in [5, 5.41) is 0. The SMILES string of the molecule is Nc1ccc(OC(F)F)c(Br)c1F. The zero-order valence-corrected chi connectivity index (χ0v) is 7.82. The van der Waals surface area contributed by atoms with Gasteiger partial charge in [-0.25, -0.2) is 4.39 Å². The molecule has 0 aliphatic rings. The summed E-state index contributed by atoms with van der Waals surface area (Å²) in [6.45, 7) is -2.99. The van der Waals surface area contributed by atoms with Gasteiger partial charge in [0.25, 0.3) is 0 Å². The van der Waals surface area contributed by atoms with Gasteiger partial charge in [-0.3, -0.25) is 0 Å². The number of hydrogen-bond donors (Lipinski definition) is 1. The number of nitrogen functional groups attached to an aromatic ring is 1. The second kappa shape index (κ2) is 3.87. The van der Waals surface area contributed by atoms with Gasteiger partial charge in [0.05, 0.1) is 10.2 Å². The number of nitrogens with two attached hydrogens (primary N) is 1. The van der Waals surface area contributed by atoms with Crippen molar-refractivity contribution in [2.24, 2.45) is 0 Å². The molecule has 0 bridgehead atoms. The van der Waals surface area contributed by atoms with E-state index in [0.29, 0.717) is 0 Å². The summed E-state index contributed by atoms with van der Waals surface area (Å²) in [5.74, 6) is -1.08. The number of rotatable bonds is 2. The number of benzene rings is 1. The average molecular weight is 256 g/mol. The summed E-state index contributed by atoms with van der Waals surface area (Å²) >= 11 is 2.75. The summed E-state index contributed by atoms with van der Waals surface area (Å²) in [7, 11) is 0. The molecule has 0 amide bonds. The number of hydrogen-bond acceptors (Lipinski definition) is 2. The Labute approximate surface area is 80.6 Å². The zero-order valence-electron chi connectivity index (χ0n) is 6.23. The van der Waals surface area contributed by atoms with Crippen LogP contribution in [0.2, 0.25) is 0 Å². The van der Waals surface area contributed by atoms with Crippen molar-refractivity contribution in [2.75, 3.05) is 5.73 Å². The van der Waals surface area contributed by atoms with E-state index in [1.807, 2.05) is 0 Å². The third kappa shape index (κ3) is 2.27. The molecule has 6 heteroatoms. The van der Waals surface area contributed by atoms with Gasteiger partial charge in [-0.05, 0) is 28.1 Å². The lowest BCUT2D eigenvalue weighted by Crippen LogP contribution is -2.04. The van der Waals surface area contributed by atoms with Crippen LogP contribution in [0.5, 0.6) is 5.75 Å². The molecule has 1 aromatic carbocycles. The normalized spacial score (nSPS) is 10.5. The van der Waals surface area contributed by atoms with Crippen LogP contribution in [0.4, 0.5) is 18.9 Å². The van der Waals surface area contributed by atoms with E-state index in [1.165, 1.54) is 0 Å². The lowest BCUT2D eigenvalue weighted by molar-refractivity contribution is -0.0505. The minimum atomic E-state index is -2.99. The second-order valence-electron chi connectivity index (χ2n) is 2.16. The molecule has 0 atom stereocenters. The van der Waals surface area contributed by atoms with Crippen LogP contribution in [-0.2, 0) is 0 Å². The molecule has 0 spiro atoms. The summed E-state index contributed by atoms with van der Waals surface area (Å²) < 4.78 is 40.2. The molecule has 2 nitrogen and oxygen atoms in total. The molecule has 0 fully saturated rings. The monoisotopic (exact) mass is 255 g/mol. The standard InChI is InChI=1S/C7H5BrF3NO/c8-5-4(13-7(10)11)2-1-3(12)6(5)9/h1-2,7H,12H2. The van der Waals surface area contributed by atoms with Crippen LogP contribution in [0.15, 0.2) is 16.6 Å². The predicted molar refractivity (Wildman–Crippen MR) is 45.1 cm³/mol. The summed E-state index contributed by atoms with van der Waals surface area (Å²) in [6, 6.07) is 2.31. The highest BCUT2D eigenvalue weighted by atomic mass is 79.9. The van der Waals surface area contributed by atoms with Gasteiger partial charge in [0.2, 0.25) is 0 Å². The number of alkyl halides is 2. The second-order valence-corrected chi connectivity index (χ2v) is 2.95. The largest absolute Gasteiger partial charge is 0.434 e. The molecular formula is C7H5BrF3NO. The van der Waals surface area contributed by atoms with Crippen molar-refractivity contribution in [1.29, 1.82) is 0 Å². The highest BCUT2D eigenvalue weighted by molar-refractivity contribution is 9.10. The van der Waals surface area contributed by atoms with Gasteiger partial charge >= 0.3 is 6.61 Å². The van der Waals surface area contributed by atoms with Gasteiger partial charge in [0, 0.05) is 0 Å². The van der Waals surface area contributed by atoms with Crippen molar-refractivity contribution in [2.45, 2.75) is 6.61 Å². The minimum Gasteiger partial charge on any atom is -0.434 e. The van der Waals surface area contributed by atoms with Crippen LogP contribution in [0, 0.1) is 5.82 Å². The van der Waals surface area contributed by atoms with Gasteiger partial charge in [-0.2, -0.15) is 8.78 Å². The van der Waals surface area contributed by atoms with E-state index in [0.717, 1.165) is 12.1 Å². The maximum atomic E-state index is 12.9. The predicted octanol–water partition coefficient (Wildman–Crippen LogP) is 2.77. The first-order valence-corrected chi connectivity index (χ1v) is 4.00. The summed E-state index contributed by atoms with van der Waals surface area (Å²) in [6.07, 6.45) is 0. The van der Waals surface area contributed by atoms with E-state index in [9.17, 15) is 13.2 Å². The van der Waals surface area contributed by atoms with Gasteiger partial charge in [-0.15, -0.1) is 0 Å². The smallest absolute Gasteiger partial charge is 0.387 e. The first-order chi connectivity index (χ1) is 6.02. The Balaban J connectivity index is 3.04. The van der Waals surface area contributed by atoms with E-state index in [4.69, 9.17) is 5.73 Å². The zero-order chi connectivity index (χ0) is 10.0. The molecule has 0 radical (unpaired) electrons. The number of anilines is 1. The quantitative estimate of drug-likeness (QED) is 0.825. The number of halogens is 4. The Morgan fingerprint density at radius 2 is 2.00 bits per heavy atom. The van der Waals surface area contributed by atoms with E-state index < -0.39 is 12.4 Å². The number of ether oxygens (including phenoxy) is 1. The highest BCUT2D eigenvalue weighted by Crippen LogP contribution is 2.31. The van der Waals surface area contributed by atoms with Crippen molar-refractivity contribution < 1.29 is 17.9 Å². The van der Waals surface area contributed by atoms with Crippen LogP contribution in [0.25, 0.3) is 0 Å². The Hall–Kier alpha value is -0.910. The van der Waals surface area contributed by atoms with Gasteiger partial charge in [0.1, 0.15) is 5.75 Å². The van der Waals surface area contributed by atoms with Crippen LogP contribution < -0.4 is 10.5 Å². The third-order valence-corrected chi connectivity index (χ3v) is 2.03. The van der Waals surface area contributed by atoms with E-state index in [-0.39, 0.29) is 15.9 Å². The van der Waals surface area contributed by atoms with Crippen molar-refractivity contribution in [3.05, 3.63) is 22.4 Å². The molecule has 1 aromatic rings. The van der Waals surface area contributed by atoms with Crippen LogP contribution in [-0.4, -0.2) is 6.61 Å². The fraction of sp³-hybridized carbons (Fsp3) is 0.143. The lowest BCUT2D eigenvalue weighted by atomic mass is 10.3. The Morgan fingerprint density at radius 3 is 2.54 bits per heavy atom. The average Bonchev–Trinajstić information content (AvgIpc) is 2.06. The molecule has 2 N–H and O–H groups in total. The van der Waals surface area contributed by atoms with Crippen molar-refractivity contribution in [1.82, 2.24) is 0 Å². The third-order valence-electron chi connectivity index (χ3n) is 1.29. The van der Waals surface area contributed by atoms with Gasteiger partial charge < -0.3 is 10.5 Å². The van der Waals surface area contributed by atoms with Crippen LogP contribution >= 0.6 is 15.9 Å². The topological polar surface area (TPSA) is 35.2 Å². The molecule has 0 heterocycles. The molecular weight excluding hydrogens is 251 g/mol. The highest BCUT2D eigenvalue weighted by Gasteiger charge is 2.13. The molecule has 0 saturated carbocycles. The maximum Gasteiger partial charge on any atom is 0.387 e. The molecule has 0 saturated heterocycles. The first kappa shape index (κ1) is 10.2. The van der Waals surface area contributed by atoms with Crippen molar-refractivity contribution in [3.63, 3.8) is 0 Å². The van der Waals surface area contributed by atoms with Crippen LogP contribution in [0.1, 0.15) is 0 Å². The maximum absolute atomic E-state index is 12.9. The van der Waals surface area contributed by atoms with Crippen molar-refractivity contribution in [3.8, 4) is 5.75 Å². The van der Waals surface area contributed by atoms with Crippen LogP contribution in [0.3, 0.4) is 0 Å². The summed E-state index contributed by atoms with van der Waals surface area (Å²) in [4.78, 5) is 0. The van der Waals surface area contributed by atoms with Crippen molar-refractivity contribution >= 4 is 21.6 Å². The molecule has 72 valence electrons. The molecule has 0 aromatic heterocycles. The molecule has 1 rings (SSSR count). The van der Waals surface area contributed by atoms with E-state index >= 15 is 0 Å². The van der Waals surface area contributed by atoms with Gasteiger partial charge in [0.15, 0.2) is 5.82 Å². The van der Waals surface area contributed by atoms with Gasteiger partial charge in [-0.1, -0.05) is 0 Å². The first-order valence-electron chi connectivity index (χ1n) is 3.20. The molecule has 13 heavy (non-hydrogen) atoms. The Kier molecular flexibility index (Phi) is 3.02. The minimum absolute atomic E-state index is 0.131. The Morgan fingerprint density at radius 1 is 1.38 bits per heavy atom. The fourth-order valence-corrected chi connectivity index (χ4v) is 1.19.